The molecule has 134 valence electrons. The van der Waals surface area contributed by atoms with E-state index in [9.17, 15) is 16.8 Å². The van der Waals surface area contributed by atoms with Crippen molar-refractivity contribution in [1.82, 2.24) is 0 Å². The lowest BCUT2D eigenvalue weighted by Gasteiger charge is -2.28. The van der Waals surface area contributed by atoms with Gasteiger partial charge in [0.05, 0.1) is 16.3 Å². The number of hydrogen-bond acceptors (Lipinski definition) is 4. The fraction of sp³-hybridized carbons (Fsp3) is 0.250. The summed E-state index contributed by atoms with van der Waals surface area (Å²) in [4.78, 5) is 0.0580. The van der Waals surface area contributed by atoms with Crippen molar-refractivity contribution in [2.75, 3.05) is 21.3 Å². The van der Waals surface area contributed by atoms with E-state index in [1.54, 1.807) is 36.4 Å². The molecule has 1 fully saturated rings. The Bertz CT molecular complexity index is 973. The van der Waals surface area contributed by atoms with Crippen LogP contribution in [0.2, 0.25) is 5.02 Å². The topological polar surface area (TPSA) is 83.6 Å². The number of halogens is 1. The Hall–Kier alpha value is -1.77. The SMILES string of the molecule is O=S(=O)(Nc1ccc(N2CCCCS2(=O)=O)cc1)c1cccc(Cl)c1. The Labute approximate surface area is 152 Å². The van der Waals surface area contributed by atoms with Gasteiger partial charge in [0.15, 0.2) is 0 Å². The van der Waals surface area contributed by atoms with Crippen LogP contribution in [0.1, 0.15) is 12.8 Å². The summed E-state index contributed by atoms with van der Waals surface area (Å²) < 4.78 is 52.8. The molecule has 1 heterocycles. The van der Waals surface area contributed by atoms with Gasteiger partial charge in [0.25, 0.3) is 10.0 Å². The third-order valence-corrected chi connectivity index (χ3v) is 7.35. The van der Waals surface area contributed by atoms with E-state index in [0.29, 0.717) is 29.4 Å². The van der Waals surface area contributed by atoms with Crippen LogP contribution in [-0.4, -0.2) is 29.1 Å². The lowest BCUT2D eigenvalue weighted by molar-refractivity contribution is 0.574. The smallest absolute Gasteiger partial charge is 0.261 e. The van der Waals surface area contributed by atoms with E-state index in [1.165, 1.54) is 16.4 Å². The van der Waals surface area contributed by atoms with Crippen LogP contribution in [0.5, 0.6) is 0 Å². The Morgan fingerprint density at radius 2 is 1.76 bits per heavy atom. The van der Waals surface area contributed by atoms with Crippen molar-refractivity contribution < 1.29 is 16.8 Å². The number of rotatable bonds is 4. The highest BCUT2D eigenvalue weighted by Crippen LogP contribution is 2.26. The van der Waals surface area contributed by atoms with Crippen LogP contribution >= 0.6 is 11.6 Å². The average molecular weight is 401 g/mol. The van der Waals surface area contributed by atoms with Gasteiger partial charge in [0.2, 0.25) is 10.0 Å². The van der Waals surface area contributed by atoms with Gasteiger partial charge in [0.1, 0.15) is 0 Å². The van der Waals surface area contributed by atoms with Crippen LogP contribution in [0, 0.1) is 0 Å². The van der Waals surface area contributed by atoms with E-state index in [0.717, 1.165) is 6.42 Å². The van der Waals surface area contributed by atoms with Crippen molar-refractivity contribution in [3.63, 3.8) is 0 Å². The Balaban J connectivity index is 1.81. The summed E-state index contributed by atoms with van der Waals surface area (Å²) in [6.07, 6.45) is 1.47. The van der Waals surface area contributed by atoms with Gasteiger partial charge in [-0.2, -0.15) is 0 Å². The molecule has 1 aliphatic heterocycles. The second-order valence-corrected chi connectivity index (χ2v) is 9.84. The summed E-state index contributed by atoms with van der Waals surface area (Å²) in [5.74, 6) is 0.135. The van der Waals surface area contributed by atoms with Gasteiger partial charge >= 0.3 is 0 Å². The summed E-state index contributed by atoms with van der Waals surface area (Å²) >= 11 is 5.83. The molecular formula is C16H17ClN2O4S2. The standard InChI is InChI=1S/C16H17ClN2O4S2/c17-13-4-3-5-16(12-13)25(22,23)18-14-6-8-15(9-7-14)19-10-1-2-11-24(19,20)21/h3-9,12,18H,1-2,10-11H2. The van der Waals surface area contributed by atoms with E-state index in [1.807, 2.05) is 0 Å². The monoisotopic (exact) mass is 400 g/mol. The van der Waals surface area contributed by atoms with Crippen LogP contribution < -0.4 is 9.03 Å². The lowest BCUT2D eigenvalue weighted by atomic mass is 10.2. The first kappa shape index (κ1) is 18.0. The largest absolute Gasteiger partial charge is 0.280 e. The van der Waals surface area contributed by atoms with E-state index in [2.05, 4.69) is 4.72 Å². The number of nitrogens with one attached hydrogen (secondary N) is 1. The molecule has 0 bridgehead atoms. The third kappa shape index (κ3) is 4.08. The minimum absolute atomic E-state index is 0.0580. The molecule has 6 nitrogen and oxygen atoms in total. The van der Waals surface area contributed by atoms with Gasteiger partial charge in [-0.15, -0.1) is 0 Å². The molecule has 0 atom stereocenters. The minimum atomic E-state index is -3.76. The lowest BCUT2D eigenvalue weighted by Crippen LogP contribution is -2.37. The van der Waals surface area contributed by atoms with Gasteiger partial charge in [-0.05, 0) is 55.3 Å². The first-order valence-corrected chi connectivity index (χ1v) is 11.1. The van der Waals surface area contributed by atoms with Crippen molar-refractivity contribution >= 4 is 43.0 Å². The normalized spacial score (nSPS) is 17.2. The molecule has 0 aliphatic carbocycles. The molecule has 3 rings (SSSR count). The molecule has 2 aromatic carbocycles. The molecule has 0 saturated carbocycles. The molecule has 0 spiro atoms. The van der Waals surface area contributed by atoms with E-state index in [-0.39, 0.29) is 10.6 Å². The minimum Gasteiger partial charge on any atom is -0.280 e. The fourth-order valence-corrected chi connectivity index (χ4v) is 5.62. The number of sulfonamides is 2. The molecule has 25 heavy (non-hydrogen) atoms. The van der Waals surface area contributed by atoms with Crippen molar-refractivity contribution in [1.29, 1.82) is 0 Å². The average Bonchev–Trinajstić information content (AvgIpc) is 2.55. The first-order chi connectivity index (χ1) is 11.8. The van der Waals surface area contributed by atoms with Gasteiger partial charge in [-0.3, -0.25) is 9.03 Å². The van der Waals surface area contributed by atoms with Crippen molar-refractivity contribution in [2.24, 2.45) is 0 Å². The maximum absolute atomic E-state index is 12.4. The summed E-state index contributed by atoms with van der Waals surface area (Å²) in [6.45, 7) is 0.440. The van der Waals surface area contributed by atoms with E-state index < -0.39 is 20.0 Å². The highest BCUT2D eigenvalue weighted by atomic mass is 35.5. The zero-order valence-electron chi connectivity index (χ0n) is 13.2. The summed E-state index contributed by atoms with van der Waals surface area (Å²) in [5.41, 5.74) is 0.878. The second kappa shape index (κ2) is 6.86. The molecule has 1 aliphatic rings. The molecule has 0 unspecified atom stereocenters. The van der Waals surface area contributed by atoms with Crippen molar-refractivity contribution in [3.05, 3.63) is 53.6 Å². The highest BCUT2D eigenvalue weighted by molar-refractivity contribution is 7.93. The maximum atomic E-state index is 12.4. The van der Waals surface area contributed by atoms with Crippen LogP contribution in [0.25, 0.3) is 0 Å². The van der Waals surface area contributed by atoms with Gasteiger partial charge in [0, 0.05) is 17.3 Å². The Morgan fingerprint density at radius 1 is 1.04 bits per heavy atom. The van der Waals surface area contributed by atoms with Gasteiger partial charge in [-0.25, -0.2) is 16.8 Å². The number of nitrogens with zero attached hydrogens (tertiary/aromatic N) is 1. The van der Waals surface area contributed by atoms with E-state index >= 15 is 0 Å². The quantitative estimate of drug-likeness (QED) is 0.854. The molecule has 0 radical (unpaired) electrons. The molecule has 0 amide bonds. The predicted octanol–water partition coefficient (Wildman–Crippen LogP) is 3.07. The summed E-state index contributed by atoms with van der Waals surface area (Å²) in [5, 5.41) is 0.327. The zero-order valence-corrected chi connectivity index (χ0v) is 15.6. The molecule has 1 N–H and O–H groups in total. The second-order valence-electron chi connectivity index (χ2n) is 5.70. The molecular weight excluding hydrogens is 384 g/mol. The maximum Gasteiger partial charge on any atom is 0.261 e. The van der Waals surface area contributed by atoms with Crippen molar-refractivity contribution in [3.8, 4) is 0 Å². The third-order valence-electron chi connectivity index (χ3n) is 3.86. The van der Waals surface area contributed by atoms with Crippen LogP contribution in [0.15, 0.2) is 53.4 Å². The van der Waals surface area contributed by atoms with Gasteiger partial charge in [-0.1, -0.05) is 17.7 Å². The molecule has 1 saturated heterocycles. The molecule has 2 aromatic rings. The van der Waals surface area contributed by atoms with Crippen LogP contribution in [-0.2, 0) is 20.0 Å². The van der Waals surface area contributed by atoms with Crippen LogP contribution in [0.4, 0.5) is 11.4 Å². The highest BCUT2D eigenvalue weighted by Gasteiger charge is 2.26. The summed E-state index contributed by atoms with van der Waals surface area (Å²) in [7, 11) is -7.05. The Morgan fingerprint density at radius 3 is 2.40 bits per heavy atom. The van der Waals surface area contributed by atoms with Crippen LogP contribution in [0.3, 0.4) is 0 Å². The first-order valence-electron chi connectivity index (χ1n) is 7.67. The van der Waals surface area contributed by atoms with Gasteiger partial charge < -0.3 is 0 Å². The molecule has 0 aromatic heterocycles. The number of hydrogen-bond donors (Lipinski definition) is 1. The summed E-state index contributed by atoms with van der Waals surface area (Å²) in [6, 6.07) is 12.2. The zero-order chi connectivity index (χ0) is 18.1. The number of benzene rings is 2. The predicted molar refractivity (Wildman–Crippen MR) is 99.1 cm³/mol. The fourth-order valence-electron chi connectivity index (χ4n) is 2.62. The van der Waals surface area contributed by atoms with E-state index in [4.69, 9.17) is 11.6 Å². The number of anilines is 2. The van der Waals surface area contributed by atoms with Crippen molar-refractivity contribution in [2.45, 2.75) is 17.7 Å². The Kier molecular flexibility index (Phi) is 4.95. The molecule has 9 heteroatoms.